The number of rotatable bonds is 4. The second-order valence-electron chi connectivity index (χ2n) is 10.8. The van der Waals surface area contributed by atoms with E-state index in [2.05, 4.69) is 45.8 Å². The SMILES string of the molecule is COc1ccc(CN2C[C@@H]3C[C@@H](C(=O)N4CCN(C)CC4)N(C)[C@@H]3C2)cc1.O=C(O)C(F)(F)F.O=C(O)C(F)(F)F.O=C(O)C(F)(F)F. The minimum absolute atomic E-state index is 0.0755. The summed E-state index contributed by atoms with van der Waals surface area (Å²) in [5, 5.41) is 21.4. The monoisotopic (exact) mass is 714 g/mol. The summed E-state index contributed by atoms with van der Waals surface area (Å²) >= 11 is 0. The lowest BCUT2D eigenvalue weighted by molar-refractivity contribution is -0.193. The summed E-state index contributed by atoms with van der Waals surface area (Å²) in [6, 6.07) is 8.94. The van der Waals surface area contributed by atoms with Gasteiger partial charge in [0.15, 0.2) is 0 Å². The number of ether oxygens (including phenoxy) is 1. The van der Waals surface area contributed by atoms with Crippen molar-refractivity contribution in [2.75, 3.05) is 60.5 Å². The average molecular weight is 715 g/mol. The van der Waals surface area contributed by atoms with Crippen molar-refractivity contribution < 1.29 is 78.7 Å². The van der Waals surface area contributed by atoms with E-state index in [9.17, 15) is 44.3 Å². The maximum atomic E-state index is 13.0. The molecule has 48 heavy (non-hydrogen) atoms. The Morgan fingerprint density at radius 2 is 1.17 bits per heavy atom. The Morgan fingerprint density at radius 1 is 0.750 bits per heavy atom. The van der Waals surface area contributed by atoms with E-state index in [4.69, 9.17) is 34.4 Å². The number of amides is 1. The van der Waals surface area contributed by atoms with Gasteiger partial charge in [-0.25, -0.2) is 14.4 Å². The van der Waals surface area contributed by atoms with Crippen LogP contribution in [-0.4, -0.2) is 150 Å². The lowest BCUT2D eigenvalue weighted by Crippen LogP contribution is -2.53. The highest BCUT2D eigenvalue weighted by Gasteiger charge is 2.48. The van der Waals surface area contributed by atoms with Crippen molar-refractivity contribution in [3.8, 4) is 5.75 Å². The number of carboxylic acid groups (broad SMARTS) is 3. The van der Waals surface area contributed by atoms with Crippen LogP contribution in [0.3, 0.4) is 0 Å². The van der Waals surface area contributed by atoms with Crippen LogP contribution in [0.2, 0.25) is 0 Å². The van der Waals surface area contributed by atoms with Gasteiger partial charge in [0.2, 0.25) is 5.91 Å². The number of nitrogens with zero attached hydrogens (tertiary/aromatic N) is 4. The van der Waals surface area contributed by atoms with Gasteiger partial charge in [0.05, 0.1) is 13.2 Å². The zero-order valence-corrected chi connectivity index (χ0v) is 25.8. The lowest BCUT2D eigenvalue weighted by atomic mass is 10.0. The molecule has 12 nitrogen and oxygen atoms in total. The zero-order valence-electron chi connectivity index (χ0n) is 25.8. The van der Waals surface area contributed by atoms with Crippen LogP contribution in [0.25, 0.3) is 0 Å². The third-order valence-corrected chi connectivity index (χ3v) is 7.42. The third kappa shape index (κ3) is 13.7. The van der Waals surface area contributed by atoms with E-state index < -0.39 is 36.4 Å². The van der Waals surface area contributed by atoms with Gasteiger partial charge >= 0.3 is 36.4 Å². The summed E-state index contributed by atoms with van der Waals surface area (Å²) in [5.74, 6) is -6.41. The van der Waals surface area contributed by atoms with Gasteiger partial charge in [0, 0.05) is 51.9 Å². The average Bonchev–Trinajstić information content (AvgIpc) is 3.50. The van der Waals surface area contributed by atoms with E-state index in [1.54, 1.807) is 7.11 Å². The molecule has 3 atom stereocenters. The molecule has 3 aliphatic rings. The zero-order chi connectivity index (χ0) is 37.2. The van der Waals surface area contributed by atoms with Gasteiger partial charge in [-0.3, -0.25) is 14.6 Å². The van der Waals surface area contributed by atoms with Crippen LogP contribution in [0.1, 0.15) is 12.0 Å². The van der Waals surface area contributed by atoms with Crippen molar-refractivity contribution in [2.45, 2.75) is 43.6 Å². The van der Waals surface area contributed by atoms with E-state index in [-0.39, 0.29) is 6.04 Å². The molecule has 3 fully saturated rings. The molecule has 3 heterocycles. The number of hydrogen-bond acceptors (Lipinski definition) is 8. The summed E-state index contributed by atoms with van der Waals surface area (Å²) in [7, 11) is 5.98. The Hall–Kier alpha value is -3.85. The van der Waals surface area contributed by atoms with Gasteiger partial charge in [0.1, 0.15) is 5.75 Å². The van der Waals surface area contributed by atoms with Crippen LogP contribution < -0.4 is 4.74 Å². The first-order valence-electron chi connectivity index (χ1n) is 13.8. The Balaban J connectivity index is 0.000000448. The first kappa shape index (κ1) is 42.2. The van der Waals surface area contributed by atoms with Crippen molar-refractivity contribution in [2.24, 2.45) is 5.92 Å². The Labute approximate surface area is 268 Å². The topological polar surface area (TPSA) is 151 Å². The molecule has 3 aliphatic heterocycles. The van der Waals surface area contributed by atoms with Crippen LogP contribution in [0, 0.1) is 5.92 Å². The van der Waals surface area contributed by atoms with E-state index in [0.29, 0.717) is 17.9 Å². The van der Waals surface area contributed by atoms with Crippen molar-refractivity contribution in [3.63, 3.8) is 0 Å². The number of methoxy groups -OCH3 is 1. The third-order valence-electron chi connectivity index (χ3n) is 7.42. The predicted molar refractivity (Wildman–Crippen MR) is 147 cm³/mol. The van der Waals surface area contributed by atoms with Crippen LogP contribution in [0.4, 0.5) is 39.5 Å². The summed E-state index contributed by atoms with van der Waals surface area (Å²) < 4.78 is 100. The number of carbonyl (C=O) groups is 4. The number of likely N-dealkylation sites (tertiary alicyclic amines) is 2. The molecule has 0 bridgehead atoms. The molecule has 3 saturated heterocycles. The smallest absolute Gasteiger partial charge is 0.490 e. The van der Waals surface area contributed by atoms with Crippen molar-refractivity contribution in [3.05, 3.63) is 29.8 Å². The van der Waals surface area contributed by atoms with Gasteiger partial charge in [-0.05, 0) is 44.1 Å². The molecule has 1 aromatic rings. The molecule has 1 amide bonds. The fourth-order valence-electron chi connectivity index (χ4n) is 4.95. The summed E-state index contributed by atoms with van der Waals surface area (Å²) in [6.45, 7) is 6.85. The quantitative estimate of drug-likeness (QED) is 0.395. The second-order valence-corrected chi connectivity index (χ2v) is 10.8. The van der Waals surface area contributed by atoms with Gasteiger partial charge in [-0.2, -0.15) is 39.5 Å². The number of alkyl halides is 9. The fourth-order valence-corrected chi connectivity index (χ4v) is 4.95. The molecule has 0 saturated carbocycles. The molecule has 3 N–H and O–H groups in total. The number of carbonyl (C=O) groups excluding carboxylic acids is 1. The van der Waals surface area contributed by atoms with Crippen molar-refractivity contribution in [1.29, 1.82) is 0 Å². The van der Waals surface area contributed by atoms with E-state index in [0.717, 1.165) is 58.0 Å². The fraction of sp³-hybridized carbons (Fsp3) is 0.630. The maximum absolute atomic E-state index is 13.0. The van der Waals surface area contributed by atoms with Crippen molar-refractivity contribution in [1.82, 2.24) is 19.6 Å². The standard InChI is InChI=1S/C21H32N4O2.3C2HF3O2/c1-22-8-10-25(11-9-22)21(26)19-12-17-14-24(15-20(17)23(19)2)13-16-4-6-18(27-3)7-5-16;3*3-2(4,5)1(6)7/h4-7,17,19-20H,8-15H2,1-3H3;3*(H,6,7)/t17-,19-,20+;;;/m0.../s1. The van der Waals surface area contributed by atoms with Gasteiger partial charge < -0.3 is 29.9 Å². The molecule has 1 aromatic carbocycles. The van der Waals surface area contributed by atoms with E-state index in [1.807, 2.05) is 12.1 Å². The Morgan fingerprint density at radius 3 is 1.52 bits per heavy atom. The first-order chi connectivity index (χ1) is 21.9. The van der Waals surface area contributed by atoms with Crippen molar-refractivity contribution >= 4 is 23.8 Å². The normalized spacial score (nSPS) is 21.8. The summed E-state index contributed by atoms with van der Waals surface area (Å²) in [6.07, 6.45) is -14.2. The number of hydrogen-bond donors (Lipinski definition) is 3. The molecule has 4 rings (SSSR count). The van der Waals surface area contributed by atoms with E-state index in [1.165, 1.54) is 5.56 Å². The number of fused-ring (bicyclic) bond motifs is 1. The number of aliphatic carboxylic acids is 3. The molecule has 0 radical (unpaired) electrons. The summed E-state index contributed by atoms with van der Waals surface area (Å²) in [5.41, 5.74) is 1.32. The highest BCUT2D eigenvalue weighted by molar-refractivity contribution is 5.82. The predicted octanol–water partition coefficient (Wildman–Crippen LogP) is 2.87. The summed E-state index contributed by atoms with van der Waals surface area (Å²) in [4.78, 5) is 49.0. The first-order valence-corrected chi connectivity index (χ1v) is 13.8. The number of halogens is 9. The molecule has 0 unspecified atom stereocenters. The Kier molecular flexibility index (Phi) is 15.4. The Bertz CT molecular complexity index is 1160. The molecule has 0 spiro atoms. The minimum atomic E-state index is -5.08. The van der Waals surface area contributed by atoms with Crippen LogP contribution in [0.5, 0.6) is 5.75 Å². The highest BCUT2D eigenvalue weighted by atomic mass is 19.4. The molecule has 0 aromatic heterocycles. The lowest BCUT2D eigenvalue weighted by Gasteiger charge is -2.36. The number of benzene rings is 1. The largest absolute Gasteiger partial charge is 0.497 e. The molecule has 21 heteroatoms. The van der Waals surface area contributed by atoms with Gasteiger partial charge in [0.25, 0.3) is 0 Å². The van der Waals surface area contributed by atoms with Crippen LogP contribution in [0.15, 0.2) is 24.3 Å². The van der Waals surface area contributed by atoms with Crippen LogP contribution >= 0.6 is 0 Å². The maximum Gasteiger partial charge on any atom is 0.490 e. The number of piperazine rings is 1. The molecule has 274 valence electrons. The highest BCUT2D eigenvalue weighted by Crippen LogP contribution is 2.36. The minimum Gasteiger partial charge on any atom is -0.497 e. The van der Waals surface area contributed by atoms with Gasteiger partial charge in [-0.15, -0.1) is 0 Å². The van der Waals surface area contributed by atoms with Gasteiger partial charge in [-0.1, -0.05) is 12.1 Å². The number of carboxylic acids is 3. The number of likely N-dealkylation sites (N-methyl/N-ethyl adjacent to an activating group) is 2. The molecule has 0 aliphatic carbocycles. The van der Waals surface area contributed by atoms with Crippen LogP contribution in [-0.2, 0) is 25.7 Å². The second kappa shape index (κ2) is 17.5. The molecular weight excluding hydrogens is 679 g/mol. The molecular formula is C27H35F9N4O8. The van der Waals surface area contributed by atoms with E-state index >= 15 is 0 Å².